The maximum Gasteiger partial charge on any atom is 0.313 e. The van der Waals surface area contributed by atoms with Gasteiger partial charge in [0, 0.05) is 5.56 Å². The number of methoxy groups -OCH3 is 3. The molecular weight excluding hydrogens is 220 g/mol. The zero-order valence-electron chi connectivity index (χ0n) is 10.9. The minimum atomic E-state index is -0.384. The van der Waals surface area contributed by atoms with E-state index in [-0.39, 0.29) is 11.9 Å². The van der Waals surface area contributed by atoms with E-state index in [1.54, 1.807) is 27.2 Å². The summed E-state index contributed by atoms with van der Waals surface area (Å²) in [7, 11) is 4.55. The first-order valence-corrected chi connectivity index (χ1v) is 5.36. The first-order chi connectivity index (χ1) is 8.06. The SMILES string of the molecule is COC(=O)C(C)c1c(OC)ccc(OC)c1C. The van der Waals surface area contributed by atoms with E-state index in [0.29, 0.717) is 5.75 Å². The Morgan fingerprint density at radius 3 is 2.12 bits per heavy atom. The van der Waals surface area contributed by atoms with Crippen LogP contribution in [0.1, 0.15) is 24.0 Å². The molecule has 0 fully saturated rings. The van der Waals surface area contributed by atoms with E-state index in [1.807, 2.05) is 13.0 Å². The molecule has 0 spiro atoms. The van der Waals surface area contributed by atoms with E-state index < -0.39 is 0 Å². The molecule has 0 amide bonds. The molecule has 0 aliphatic heterocycles. The molecule has 4 heteroatoms. The largest absolute Gasteiger partial charge is 0.496 e. The van der Waals surface area contributed by atoms with Crippen LogP contribution in [0.15, 0.2) is 12.1 Å². The van der Waals surface area contributed by atoms with Crippen molar-refractivity contribution in [3.8, 4) is 11.5 Å². The number of esters is 1. The number of benzene rings is 1. The zero-order valence-corrected chi connectivity index (χ0v) is 10.9. The number of hydrogen-bond donors (Lipinski definition) is 0. The molecule has 4 nitrogen and oxygen atoms in total. The number of carbonyl (C=O) groups excluding carboxylic acids is 1. The third-order valence-electron chi connectivity index (χ3n) is 2.85. The summed E-state index contributed by atoms with van der Waals surface area (Å²) in [6, 6.07) is 3.61. The van der Waals surface area contributed by atoms with Crippen LogP contribution < -0.4 is 9.47 Å². The van der Waals surface area contributed by atoms with Gasteiger partial charge in [-0.2, -0.15) is 0 Å². The predicted molar refractivity (Wildman–Crippen MR) is 64.7 cm³/mol. The molecule has 0 bridgehead atoms. The molecule has 1 atom stereocenters. The van der Waals surface area contributed by atoms with Crippen LogP contribution in [0.2, 0.25) is 0 Å². The smallest absolute Gasteiger partial charge is 0.313 e. The number of carbonyl (C=O) groups is 1. The Bertz CT molecular complexity index is 412. The van der Waals surface area contributed by atoms with Crippen molar-refractivity contribution in [2.75, 3.05) is 21.3 Å². The molecule has 0 heterocycles. The van der Waals surface area contributed by atoms with Gasteiger partial charge in [-0.05, 0) is 31.5 Å². The number of rotatable bonds is 4. The van der Waals surface area contributed by atoms with Crippen molar-refractivity contribution in [1.29, 1.82) is 0 Å². The highest BCUT2D eigenvalue weighted by molar-refractivity contribution is 5.79. The molecule has 1 rings (SSSR count). The van der Waals surface area contributed by atoms with Crippen molar-refractivity contribution < 1.29 is 19.0 Å². The van der Waals surface area contributed by atoms with Crippen LogP contribution >= 0.6 is 0 Å². The van der Waals surface area contributed by atoms with Crippen molar-refractivity contribution >= 4 is 5.97 Å². The van der Waals surface area contributed by atoms with Gasteiger partial charge in [0.15, 0.2) is 0 Å². The van der Waals surface area contributed by atoms with Gasteiger partial charge in [0.1, 0.15) is 11.5 Å². The van der Waals surface area contributed by atoms with Gasteiger partial charge in [0.2, 0.25) is 0 Å². The molecule has 94 valence electrons. The third-order valence-corrected chi connectivity index (χ3v) is 2.85. The van der Waals surface area contributed by atoms with Crippen molar-refractivity contribution in [2.24, 2.45) is 0 Å². The Morgan fingerprint density at radius 1 is 1.12 bits per heavy atom. The van der Waals surface area contributed by atoms with Gasteiger partial charge in [-0.1, -0.05) is 0 Å². The Balaban J connectivity index is 3.32. The fourth-order valence-corrected chi connectivity index (χ4v) is 1.92. The number of hydrogen-bond acceptors (Lipinski definition) is 4. The van der Waals surface area contributed by atoms with Crippen LogP contribution in [0.25, 0.3) is 0 Å². The van der Waals surface area contributed by atoms with E-state index >= 15 is 0 Å². The maximum absolute atomic E-state index is 11.6. The zero-order chi connectivity index (χ0) is 13.0. The lowest BCUT2D eigenvalue weighted by Crippen LogP contribution is -2.13. The second-order valence-corrected chi connectivity index (χ2v) is 3.75. The quantitative estimate of drug-likeness (QED) is 0.755. The molecular formula is C13H18O4. The Labute approximate surface area is 101 Å². The van der Waals surface area contributed by atoms with Gasteiger partial charge in [0.25, 0.3) is 0 Å². The Morgan fingerprint density at radius 2 is 1.65 bits per heavy atom. The lowest BCUT2D eigenvalue weighted by atomic mass is 9.94. The average molecular weight is 238 g/mol. The molecule has 1 aromatic carbocycles. The molecule has 0 saturated heterocycles. The summed E-state index contributed by atoms with van der Waals surface area (Å²) >= 11 is 0. The standard InChI is InChI=1S/C13H18O4/c1-8-10(15-3)6-7-11(16-4)12(8)9(2)13(14)17-5/h6-7,9H,1-5H3. The monoisotopic (exact) mass is 238 g/mol. The molecule has 1 aromatic rings. The summed E-state index contributed by atoms with van der Waals surface area (Å²) in [4.78, 5) is 11.6. The lowest BCUT2D eigenvalue weighted by Gasteiger charge is -2.18. The molecule has 0 N–H and O–H groups in total. The van der Waals surface area contributed by atoms with Crippen molar-refractivity contribution in [2.45, 2.75) is 19.8 Å². The van der Waals surface area contributed by atoms with Gasteiger partial charge in [-0.3, -0.25) is 4.79 Å². The minimum Gasteiger partial charge on any atom is -0.496 e. The summed E-state index contributed by atoms with van der Waals surface area (Å²) in [6.07, 6.45) is 0. The van der Waals surface area contributed by atoms with E-state index in [0.717, 1.165) is 16.9 Å². The van der Waals surface area contributed by atoms with E-state index in [4.69, 9.17) is 14.2 Å². The molecule has 17 heavy (non-hydrogen) atoms. The van der Waals surface area contributed by atoms with Gasteiger partial charge < -0.3 is 14.2 Å². The van der Waals surface area contributed by atoms with Crippen LogP contribution in [-0.2, 0) is 9.53 Å². The second kappa shape index (κ2) is 5.57. The normalized spacial score (nSPS) is 11.8. The van der Waals surface area contributed by atoms with Gasteiger partial charge >= 0.3 is 5.97 Å². The van der Waals surface area contributed by atoms with E-state index in [2.05, 4.69) is 0 Å². The first-order valence-electron chi connectivity index (χ1n) is 5.36. The summed E-state index contributed by atoms with van der Waals surface area (Å²) < 4.78 is 15.3. The van der Waals surface area contributed by atoms with Gasteiger partial charge in [0.05, 0.1) is 27.2 Å². The van der Waals surface area contributed by atoms with Crippen molar-refractivity contribution in [3.63, 3.8) is 0 Å². The highest BCUT2D eigenvalue weighted by atomic mass is 16.5. The van der Waals surface area contributed by atoms with Gasteiger partial charge in [-0.15, -0.1) is 0 Å². The maximum atomic E-state index is 11.6. The first kappa shape index (κ1) is 13.4. The van der Waals surface area contributed by atoms with Crippen LogP contribution in [0.4, 0.5) is 0 Å². The summed E-state index contributed by atoms with van der Waals surface area (Å²) in [5, 5.41) is 0. The Kier molecular flexibility index (Phi) is 4.37. The highest BCUT2D eigenvalue weighted by Gasteiger charge is 2.23. The van der Waals surface area contributed by atoms with Gasteiger partial charge in [-0.25, -0.2) is 0 Å². The van der Waals surface area contributed by atoms with E-state index in [1.165, 1.54) is 7.11 Å². The molecule has 0 saturated carbocycles. The Hall–Kier alpha value is -1.71. The molecule has 0 radical (unpaired) electrons. The summed E-state index contributed by atoms with van der Waals surface area (Å²) in [5.41, 5.74) is 1.70. The average Bonchev–Trinajstić information content (AvgIpc) is 2.36. The lowest BCUT2D eigenvalue weighted by molar-refractivity contribution is -0.142. The van der Waals surface area contributed by atoms with Crippen molar-refractivity contribution in [1.82, 2.24) is 0 Å². The molecule has 1 unspecified atom stereocenters. The summed E-state index contributed by atoms with van der Waals surface area (Å²) in [6.45, 7) is 3.69. The van der Waals surface area contributed by atoms with Crippen molar-refractivity contribution in [3.05, 3.63) is 23.3 Å². The minimum absolute atomic E-state index is 0.292. The molecule has 0 aliphatic rings. The van der Waals surface area contributed by atoms with Crippen LogP contribution in [0.5, 0.6) is 11.5 Å². The third kappa shape index (κ3) is 2.52. The fraction of sp³-hybridized carbons (Fsp3) is 0.462. The molecule has 0 aromatic heterocycles. The molecule has 0 aliphatic carbocycles. The van der Waals surface area contributed by atoms with Crippen LogP contribution in [-0.4, -0.2) is 27.3 Å². The van der Waals surface area contributed by atoms with Crippen LogP contribution in [0.3, 0.4) is 0 Å². The highest BCUT2D eigenvalue weighted by Crippen LogP contribution is 2.35. The van der Waals surface area contributed by atoms with Crippen LogP contribution in [0, 0.1) is 6.92 Å². The topological polar surface area (TPSA) is 44.8 Å². The number of ether oxygens (including phenoxy) is 3. The fourth-order valence-electron chi connectivity index (χ4n) is 1.92. The summed E-state index contributed by atoms with van der Waals surface area (Å²) in [5.74, 6) is 0.724. The predicted octanol–water partition coefficient (Wildman–Crippen LogP) is 2.29. The van der Waals surface area contributed by atoms with E-state index in [9.17, 15) is 4.79 Å². The second-order valence-electron chi connectivity index (χ2n) is 3.75.